The Morgan fingerprint density at radius 3 is 2.38 bits per heavy atom. The number of carbonyl (C=O) groups is 1. The Hall–Kier alpha value is -3.48. The highest BCUT2D eigenvalue weighted by Gasteiger charge is 2.37. The van der Waals surface area contributed by atoms with Gasteiger partial charge < -0.3 is 10.1 Å². The van der Waals surface area contributed by atoms with Crippen molar-refractivity contribution in [3.63, 3.8) is 0 Å². The fourth-order valence-corrected chi connectivity index (χ4v) is 3.55. The van der Waals surface area contributed by atoms with Crippen LogP contribution in [0.1, 0.15) is 34.6 Å². The number of hydroxylamine groups is 1. The molecule has 0 heterocycles. The highest BCUT2D eigenvalue weighted by atomic mass is 19.1. The van der Waals surface area contributed by atoms with Crippen molar-refractivity contribution < 1.29 is 19.1 Å². The first-order valence-electron chi connectivity index (χ1n) is 10.5. The van der Waals surface area contributed by atoms with Crippen molar-refractivity contribution in [3.05, 3.63) is 107 Å². The van der Waals surface area contributed by atoms with E-state index in [9.17, 15) is 9.18 Å². The Balaban J connectivity index is 1.22. The van der Waals surface area contributed by atoms with Gasteiger partial charge in [0.1, 0.15) is 18.2 Å². The van der Waals surface area contributed by atoms with Gasteiger partial charge in [0.05, 0.1) is 0 Å². The molecule has 2 atom stereocenters. The largest absolute Gasteiger partial charge is 0.489 e. The van der Waals surface area contributed by atoms with Gasteiger partial charge in [-0.15, -0.1) is 0 Å². The first-order valence-corrected chi connectivity index (χ1v) is 10.5. The van der Waals surface area contributed by atoms with Crippen molar-refractivity contribution in [2.45, 2.75) is 31.5 Å². The Bertz CT molecular complexity index is 1060. The summed E-state index contributed by atoms with van der Waals surface area (Å²) in [5, 5.41) is 12.1. The van der Waals surface area contributed by atoms with E-state index in [1.54, 1.807) is 23.7 Å². The summed E-state index contributed by atoms with van der Waals surface area (Å²) in [6.45, 7) is 1.19. The van der Waals surface area contributed by atoms with E-state index in [1.807, 2.05) is 36.4 Å². The smallest absolute Gasteiger partial charge is 0.267 e. The van der Waals surface area contributed by atoms with E-state index in [0.717, 1.165) is 29.8 Å². The van der Waals surface area contributed by atoms with Crippen LogP contribution in [-0.2, 0) is 17.9 Å². The van der Waals surface area contributed by atoms with E-state index in [0.29, 0.717) is 18.6 Å². The third kappa shape index (κ3) is 6.03. The normalized spacial score (nSPS) is 17.3. The fraction of sp³-hybridized carbons (Fsp3) is 0.192. The zero-order valence-electron chi connectivity index (χ0n) is 17.5. The van der Waals surface area contributed by atoms with Gasteiger partial charge in [-0.1, -0.05) is 48.5 Å². The van der Waals surface area contributed by atoms with E-state index in [2.05, 4.69) is 17.4 Å². The summed E-state index contributed by atoms with van der Waals surface area (Å²) in [7, 11) is 0. The molecule has 32 heavy (non-hydrogen) atoms. The second-order valence-corrected chi connectivity index (χ2v) is 7.86. The molecular weight excluding hydrogens is 407 g/mol. The molecule has 1 aliphatic rings. The summed E-state index contributed by atoms with van der Waals surface area (Å²) in [5.74, 6) is 0.502. The lowest BCUT2D eigenvalue weighted by Gasteiger charge is -2.08. The summed E-state index contributed by atoms with van der Waals surface area (Å²) in [6, 6.07) is 22.9. The molecule has 3 N–H and O–H groups in total. The lowest BCUT2D eigenvalue weighted by atomic mass is 10.1. The van der Waals surface area contributed by atoms with E-state index in [1.165, 1.54) is 29.3 Å². The van der Waals surface area contributed by atoms with Crippen LogP contribution in [0.3, 0.4) is 0 Å². The van der Waals surface area contributed by atoms with Gasteiger partial charge in [-0.2, -0.15) is 0 Å². The van der Waals surface area contributed by atoms with Gasteiger partial charge in [-0.05, 0) is 59.0 Å². The maximum atomic E-state index is 13.0. The average molecular weight is 432 g/mol. The van der Waals surface area contributed by atoms with Crippen LogP contribution >= 0.6 is 0 Å². The molecule has 164 valence electrons. The topological polar surface area (TPSA) is 70.6 Å². The van der Waals surface area contributed by atoms with E-state index < -0.39 is 5.91 Å². The highest BCUT2D eigenvalue weighted by molar-refractivity contribution is 5.90. The van der Waals surface area contributed by atoms with E-state index >= 15 is 0 Å². The molecule has 3 aromatic carbocycles. The molecule has 0 aromatic heterocycles. The van der Waals surface area contributed by atoms with Gasteiger partial charge in [-0.3, -0.25) is 10.0 Å². The molecule has 1 saturated carbocycles. The van der Waals surface area contributed by atoms with Gasteiger partial charge >= 0.3 is 0 Å². The third-order valence-corrected chi connectivity index (χ3v) is 5.50. The first kappa shape index (κ1) is 21.7. The van der Waals surface area contributed by atoms with Crippen LogP contribution in [0, 0.1) is 5.82 Å². The molecule has 4 rings (SSSR count). The fourth-order valence-electron chi connectivity index (χ4n) is 3.55. The number of hydrogen-bond acceptors (Lipinski definition) is 4. The molecule has 1 fully saturated rings. The minimum atomic E-state index is -0.553. The molecule has 2 unspecified atom stereocenters. The monoisotopic (exact) mass is 432 g/mol. The number of ether oxygens (including phenoxy) is 1. The summed E-state index contributed by atoms with van der Waals surface area (Å²) in [4.78, 5) is 11.0. The Morgan fingerprint density at radius 1 is 1.00 bits per heavy atom. The Kier molecular flexibility index (Phi) is 6.94. The van der Waals surface area contributed by atoms with Crippen molar-refractivity contribution in [2.24, 2.45) is 0 Å². The lowest BCUT2D eigenvalue weighted by molar-refractivity contribution is -0.124. The van der Waals surface area contributed by atoms with Crippen LogP contribution in [0.15, 0.2) is 78.9 Å². The highest BCUT2D eigenvalue weighted by Crippen LogP contribution is 2.41. The summed E-state index contributed by atoms with van der Waals surface area (Å²) in [6.07, 6.45) is 4.03. The van der Waals surface area contributed by atoms with Crippen LogP contribution in [0.2, 0.25) is 0 Å². The number of halogens is 1. The number of hydrogen-bond donors (Lipinski definition) is 3. The number of amides is 1. The van der Waals surface area contributed by atoms with Crippen LogP contribution in [0.5, 0.6) is 5.75 Å². The number of rotatable bonds is 9. The predicted molar refractivity (Wildman–Crippen MR) is 121 cm³/mol. The summed E-state index contributed by atoms with van der Waals surface area (Å²) < 4.78 is 18.8. The molecular formula is C26H25FN2O3. The van der Waals surface area contributed by atoms with Crippen LogP contribution in [-0.4, -0.2) is 17.2 Å². The standard InChI is InChI=1S/C26H25FN2O3/c27-22-10-5-20(6-11-22)17-32-23-12-8-21(9-13-23)24-15-25(24)28-16-19-3-1-18(2-4-19)7-14-26(30)29-31/h1-14,24-25,28,31H,15-17H2,(H,29,30)/b14-7+. The Morgan fingerprint density at radius 2 is 1.69 bits per heavy atom. The zero-order valence-corrected chi connectivity index (χ0v) is 17.5. The third-order valence-electron chi connectivity index (χ3n) is 5.50. The quantitative estimate of drug-likeness (QED) is 0.263. The van der Waals surface area contributed by atoms with E-state index in [4.69, 9.17) is 9.94 Å². The SMILES string of the molecule is O=C(/C=C/c1ccc(CNC2CC2c2ccc(OCc3ccc(F)cc3)cc2)cc1)NO. The molecule has 3 aromatic rings. The lowest BCUT2D eigenvalue weighted by Crippen LogP contribution is -2.17. The molecule has 0 saturated heterocycles. The van der Waals surface area contributed by atoms with Gasteiger partial charge in [0.15, 0.2) is 0 Å². The molecule has 1 amide bonds. The predicted octanol–water partition coefficient (Wildman–Crippen LogP) is 4.57. The molecule has 0 bridgehead atoms. The molecule has 0 radical (unpaired) electrons. The maximum Gasteiger partial charge on any atom is 0.267 e. The second-order valence-electron chi connectivity index (χ2n) is 7.86. The number of benzene rings is 3. The Labute approximate surface area is 186 Å². The first-order chi connectivity index (χ1) is 15.6. The van der Waals surface area contributed by atoms with Crippen LogP contribution in [0.4, 0.5) is 4.39 Å². The zero-order chi connectivity index (χ0) is 22.3. The van der Waals surface area contributed by atoms with Crippen molar-refractivity contribution in [1.29, 1.82) is 0 Å². The second kappa shape index (κ2) is 10.2. The van der Waals surface area contributed by atoms with Crippen molar-refractivity contribution in [3.8, 4) is 5.75 Å². The number of carbonyl (C=O) groups excluding carboxylic acids is 1. The molecule has 5 nitrogen and oxygen atoms in total. The minimum absolute atomic E-state index is 0.246. The van der Waals surface area contributed by atoms with Gasteiger partial charge in [0.25, 0.3) is 5.91 Å². The maximum absolute atomic E-state index is 13.0. The van der Waals surface area contributed by atoms with Gasteiger partial charge in [-0.25, -0.2) is 9.87 Å². The molecule has 0 aliphatic heterocycles. The van der Waals surface area contributed by atoms with Crippen molar-refractivity contribution in [2.75, 3.05) is 0 Å². The molecule has 0 spiro atoms. The van der Waals surface area contributed by atoms with Crippen LogP contribution < -0.4 is 15.5 Å². The van der Waals surface area contributed by atoms with Crippen molar-refractivity contribution in [1.82, 2.24) is 10.8 Å². The van der Waals surface area contributed by atoms with Crippen LogP contribution in [0.25, 0.3) is 6.08 Å². The number of nitrogens with one attached hydrogen (secondary N) is 2. The van der Waals surface area contributed by atoms with Crippen molar-refractivity contribution >= 4 is 12.0 Å². The van der Waals surface area contributed by atoms with E-state index in [-0.39, 0.29) is 5.82 Å². The van der Waals surface area contributed by atoms with Gasteiger partial charge in [0.2, 0.25) is 0 Å². The molecule has 1 aliphatic carbocycles. The molecule has 6 heteroatoms. The van der Waals surface area contributed by atoms with Gasteiger partial charge in [0, 0.05) is 24.6 Å². The summed E-state index contributed by atoms with van der Waals surface area (Å²) in [5.41, 5.74) is 5.85. The average Bonchev–Trinajstić information content (AvgIpc) is 3.61. The minimum Gasteiger partial charge on any atom is -0.489 e. The summed E-state index contributed by atoms with van der Waals surface area (Å²) >= 11 is 0.